The first-order valence-electron chi connectivity index (χ1n) is 4.81. The van der Waals surface area contributed by atoms with E-state index in [4.69, 9.17) is 4.74 Å². The van der Waals surface area contributed by atoms with Crippen LogP contribution in [0.1, 0.15) is 18.9 Å². The molecule has 1 aliphatic rings. The molecule has 1 aromatic heterocycles. The number of ether oxygens (including phenoxy) is 1. The third kappa shape index (κ3) is 1.70. The maximum absolute atomic E-state index is 13.3. The lowest BCUT2D eigenvalue weighted by atomic mass is 10.2. The van der Waals surface area contributed by atoms with Crippen molar-refractivity contribution < 1.29 is 9.13 Å². The van der Waals surface area contributed by atoms with E-state index in [-0.39, 0.29) is 11.9 Å². The number of rotatable bonds is 1. The Morgan fingerprint density at radius 2 is 2.50 bits per heavy atom. The van der Waals surface area contributed by atoms with Crippen LogP contribution in [-0.2, 0) is 6.54 Å². The third-order valence-corrected chi connectivity index (χ3v) is 2.35. The smallest absolute Gasteiger partial charge is 0.183 e. The number of hydrogen-bond donors (Lipinski definition) is 1. The molecule has 1 aromatic rings. The molecule has 4 heteroatoms. The Hall–Kier alpha value is -1.16. The molecule has 0 spiro atoms. The zero-order valence-electron chi connectivity index (χ0n) is 8.09. The van der Waals surface area contributed by atoms with Gasteiger partial charge in [-0.15, -0.1) is 0 Å². The lowest BCUT2D eigenvalue weighted by molar-refractivity contribution is 0.193. The van der Waals surface area contributed by atoms with Gasteiger partial charge < -0.3 is 10.1 Å². The predicted octanol–water partition coefficient (Wildman–Crippen LogP) is 1.48. The van der Waals surface area contributed by atoms with E-state index in [2.05, 4.69) is 10.3 Å². The van der Waals surface area contributed by atoms with E-state index in [9.17, 15) is 4.39 Å². The molecule has 1 unspecified atom stereocenters. The molecule has 0 amide bonds. The van der Waals surface area contributed by atoms with E-state index in [0.717, 1.165) is 18.5 Å². The Kier molecular flexibility index (Phi) is 2.63. The number of nitrogens with one attached hydrogen (secondary N) is 1. The number of pyridine rings is 1. The summed E-state index contributed by atoms with van der Waals surface area (Å²) >= 11 is 0. The lowest BCUT2D eigenvalue weighted by Gasteiger charge is -2.14. The Balaban J connectivity index is 2.33. The van der Waals surface area contributed by atoms with Gasteiger partial charge in [-0.3, -0.25) is 4.98 Å². The zero-order valence-corrected chi connectivity index (χ0v) is 8.09. The van der Waals surface area contributed by atoms with E-state index in [1.807, 2.05) is 6.92 Å². The molecule has 1 aliphatic heterocycles. The first-order chi connectivity index (χ1) is 6.81. The van der Waals surface area contributed by atoms with E-state index in [1.54, 1.807) is 6.20 Å². The second-order valence-corrected chi connectivity index (χ2v) is 3.39. The van der Waals surface area contributed by atoms with Crippen LogP contribution in [0.2, 0.25) is 0 Å². The molecule has 3 nitrogen and oxygen atoms in total. The van der Waals surface area contributed by atoms with Crippen LogP contribution in [0.15, 0.2) is 12.4 Å². The van der Waals surface area contributed by atoms with Gasteiger partial charge in [0.25, 0.3) is 0 Å². The highest BCUT2D eigenvalue weighted by Crippen LogP contribution is 2.24. The van der Waals surface area contributed by atoms with Gasteiger partial charge in [0.15, 0.2) is 11.6 Å². The van der Waals surface area contributed by atoms with E-state index >= 15 is 0 Å². The van der Waals surface area contributed by atoms with E-state index in [1.165, 1.54) is 6.20 Å². The summed E-state index contributed by atoms with van der Waals surface area (Å²) in [4.78, 5) is 3.80. The fraction of sp³-hybridized carbons (Fsp3) is 0.500. The first-order valence-corrected chi connectivity index (χ1v) is 4.81. The van der Waals surface area contributed by atoms with Gasteiger partial charge in [-0.25, -0.2) is 4.39 Å². The highest BCUT2D eigenvalue weighted by Gasteiger charge is 2.18. The fourth-order valence-corrected chi connectivity index (χ4v) is 1.53. The van der Waals surface area contributed by atoms with Crippen LogP contribution >= 0.6 is 0 Å². The topological polar surface area (TPSA) is 34.2 Å². The molecular weight excluding hydrogens is 183 g/mol. The van der Waals surface area contributed by atoms with Gasteiger partial charge >= 0.3 is 0 Å². The van der Waals surface area contributed by atoms with Gasteiger partial charge in [-0.1, -0.05) is 6.92 Å². The highest BCUT2D eigenvalue weighted by atomic mass is 19.1. The summed E-state index contributed by atoms with van der Waals surface area (Å²) in [6.45, 7) is 3.40. The summed E-state index contributed by atoms with van der Waals surface area (Å²) in [5.74, 6) is -0.0125. The summed E-state index contributed by atoms with van der Waals surface area (Å²) in [5, 5.41) is 3.20. The van der Waals surface area contributed by atoms with Crippen molar-refractivity contribution in [2.45, 2.75) is 26.0 Å². The molecule has 0 bridgehead atoms. The average Bonchev–Trinajstić information content (AvgIpc) is 2.40. The molecule has 0 aliphatic carbocycles. The van der Waals surface area contributed by atoms with Gasteiger partial charge in [0.1, 0.15) is 6.10 Å². The predicted molar refractivity (Wildman–Crippen MR) is 50.6 cm³/mol. The summed E-state index contributed by atoms with van der Waals surface area (Å²) in [7, 11) is 0. The molecule has 0 saturated carbocycles. The minimum atomic E-state index is -0.371. The van der Waals surface area contributed by atoms with Gasteiger partial charge in [0.05, 0.1) is 6.20 Å². The van der Waals surface area contributed by atoms with Crippen LogP contribution in [0.4, 0.5) is 4.39 Å². The molecule has 0 fully saturated rings. The maximum Gasteiger partial charge on any atom is 0.183 e. The fourth-order valence-electron chi connectivity index (χ4n) is 1.53. The van der Waals surface area contributed by atoms with Gasteiger partial charge in [-0.05, 0) is 6.42 Å². The largest absolute Gasteiger partial charge is 0.486 e. The Labute approximate surface area is 82.3 Å². The summed E-state index contributed by atoms with van der Waals surface area (Å²) in [6, 6.07) is 0. The molecule has 1 atom stereocenters. The highest BCUT2D eigenvalue weighted by molar-refractivity contribution is 5.32. The molecular formula is C10H13FN2O. The van der Waals surface area contributed by atoms with Crippen molar-refractivity contribution in [2.75, 3.05) is 6.54 Å². The summed E-state index contributed by atoms with van der Waals surface area (Å²) in [5.41, 5.74) is 0.793. The van der Waals surface area contributed by atoms with Crippen LogP contribution in [0.3, 0.4) is 0 Å². The van der Waals surface area contributed by atoms with Crippen molar-refractivity contribution in [3.8, 4) is 5.75 Å². The molecule has 1 N–H and O–H groups in total. The third-order valence-electron chi connectivity index (χ3n) is 2.35. The number of aromatic nitrogens is 1. The second-order valence-electron chi connectivity index (χ2n) is 3.39. The minimum Gasteiger partial charge on any atom is -0.486 e. The SMILES string of the molecule is CCC1CNCc2cncc(F)c2O1. The van der Waals surface area contributed by atoms with Gasteiger partial charge in [-0.2, -0.15) is 0 Å². The van der Waals surface area contributed by atoms with Crippen LogP contribution in [0.5, 0.6) is 5.75 Å². The van der Waals surface area contributed by atoms with Crippen LogP contribution < -0.4 is 10.1 Å². The van der Waals surface area contributed by atoms with Crippen LogP contribution in [0.25, 0.3) is 0 Å². The number of halogens is 1. The Bertz CT molecular complexity index is 330. The van der Waals surface area contributed by atoms with Crippen LogP contribution in [0, 0.1) is 5.82 Å². The number of fused-ring (bicyclic) bond motifs is 1. The quantitative estimate of drug-likeness (QED) is 0.738. The van der Waals surface area contributed by atoms with Crippen molar-refractivity contribution >= 4 is 0 Å². The molecule has 14 heavy (non-hydrogen) atoms. The minimum absolute atomic E-state index is 0.0492. The summed E-state index contributed by atoms with van der Waals surface area (Å²) in [6.07, 6.45) is 3.75. The molecule has 0 saturated heterocycles. The van der Waals surface area contributed by atoms with Crippen molar-refractivity contribution in [3.05, 3.63) is 23.8 Å². The summed E-state index contributed by atoms with van der Waals surface area (Å²) < 4.78 is 18.9. The van der Waals surface area contributed by atoms with Gasteiger partial charge in [0, 0.05) is 24.8 Å². The van der Waals surface area contributed by atoms with Crippen LogP contribution in [-0.4, -0.2) is 17.6 Å². The maximum atomic E-state index is 13.3. The molecule has 0 radical (unpaired) electrons. The normalized spacial score (nSPS) is 20.9. The molecule has 2 rings (SSSR count). The van der Waals surface area contributed by atoms with Gasteiger partial charge in [0.2, 0.25) is 0 Å². The van der Waals surface area contributed by atoms with Crippen molar-refractivity contribution in [2.24, 2.45) is 0 Å². The Morgan fingerprint density at radius 3 is 3.29 bits per heavy atom. The van der Waals surface area contributed by atoms with Crippen molar-refractivity contribution in [1.29, 1.82) is 0 Å². The van der Waals surface area contributed by atoms with E-state index < -0.39 is 0 Å². The molecule has 0 aromatic carbocycles. The first kappa shape index (κ1) is 9.40. The molecule has 76 valence electrons. The standard InChI is InChI=1S/C10H13FN2O/c1-2-8-5-12-3-7-4-13-6-9(11)10(7)14-8/h4,6,8,12H,2-3,5H2,1H3. The average molecular weight is 196 g/mol. The number of nitrogens with zero attached hydrogens (tertiary/aromatic N) is 1. The Morgan fingerprint density at radius 1 is 1.64 bits per heavy atom. The zero-order chi connectivity index (χ0) is 9.97. The van der Waals surface area contributed by atoms with Crippen molar-refractivity contribution in [1.82, 2.24) is 10.3 Å². The van der Waals surface area contributed by atoms with Crippen molar-refractivity contribution in [3.63, 3.8) is 0 Å². The number of hydrogen-bond acceptors (Lipinski definition) is 3. The second kappa shape index (κ2) is 3.92. The van der Waals surface area contributed by atoms with E-state index in [0.29, 0.717) is 12.3 Å². The monoisotopic (exact) mass is 196 g/mol. The lowest BCUT2D eigenvalue weighted by Crippen LogP contribution is -2.27. The molecule has 2 heterocycles.